The molecule has 1 amide bonds. The average molecular weight is 256 g/mol. The number of aliphatic hydroxyl groups excluding tert-OH is 1. The Hall–Kier alpha value is -0.650. The van der Waals surface area contributed by atoms with Crippen LogP contribution < -0.4 is 0 Å². The predicted molar refractivity (Wildman–Crippen MR) is 68.3 cm³/mol. The third-order valence-corrected chi connectivity index (χ3v) is 3.98. The van der Waals surface area contributed by atoms with Gasteiger partial charge in [0.05, 0.1) is 19.3 Å². The SMILES string of the molecule is CC(C)N1CCCC(N2C(=O)COCC2CO)C1. The highest BCUT2D eigenvalue weighted by Crippen LogP contribution is 2.22. The Labute approximate surface area is 109 Å². The quantitative estimate of drug-likeness (QED) is 0.777. The lowest BCUT2D eigenvalue weighted by molar-refractivity contribution is -0.156. The van der Waals surface area contributed by atoms with Crippen molar-refractivity contribution in [2.45, 2.75) is 44.8 Å². The number of piperidine rings is 1. The molecule has 2 rings (SSSR count). The second-order valence-electron chi connectivity index (χ2n) is 5.54. The van der Waals surface area contributed by atoms with Crippen LogP contribution in [0, 0.1) is 0 Å². The van der Waals surface area contributed by atoms with Crippen LogP contribution in [0.2, 0.25) is 0 Å². The van der Waals surface area contributed by atoms with Gasteiger partial charge in [0.25, 0.3) is 0 Å². The summed E-state index contributed by atoms with van der Waals surface area (Å²) in [6.45, 7) is 7.01. The first-order chi connectivity index (χ1) is 8.63. The highest BCUT2D eigenvalue weighted by atomic mass is 16.5. The van der Waals surface area contributed by atoms with Gasteiger partial charge in [0.2, 0.25) is 5.91 Å². The molecule has 5 nitrogen and oxygen atoms in total. The molecule has 5 heteroatoms. The molecule has 18 heavy (non-hydrogen) atoms. The number of likely N-dealkylation sites (tertiary alicyclic amines) is 1. The first kappa shape index (κ1) is 13.8. The molecule has 2 unspecified atom stereocenters. The standard InChI is InChI=1S/C13H24N2O3/c1-10(2)14-5-3-4-11(6-14)15-12(7-16)8-18-9-13(15)17/h10-12,16H,3-9H2,1-2H3. The maximum atomic E-state index is 12.0. The van der Waals surface area contributed by atoms with E-state index < -0.39 is 0 Å². The van der Waals surface area contributed by atoms with Crippen molar-refractivity contribution in [3.05, 3.63) is 0 Å². The minimum atomic E-state index is -0.164. The summed E-state index contributed by atoms with van der Waals surface area (Å²) in [5.74, 6) is 0.0240. The van der Waals surface area contributed by atoms with Crippen LogP contribution in [0.4, 0.5) is 0 Å². The zero-order valence-electron chi connectivity index (χ0n) is 11.3. The number of morpholine rings is 1. The molecule has 2 aliphatic rings. The van der Waals surface area contributed by atoms with Gasteiger partial charge in [-0.3, -0.25) is 9.69 Å². The summed E-state index contributed by atoms with van der Waals surface area (Å²) in [4.78, 5) is 16.3. The van der Waals surface area contributed by atoms with Gasteiger partial charge in [-0.2, -0.15) is 0 Å². The summed E-state index contributed by atoms with van der Waals surface area (Å²) in [7, 11) is 0. The fraction of sp³-hybridized carbons (Fsp3) is 0.923. The number of carbonyl (C=O) groups is 1. The molecule has 0 saturated carbocycles. The fourth-order valence-corrected chi connectivity index (χ4v) is 2.96. The Morgan fingerprint density at radius 3 is 2.94 bits per heavy atom. The van der Waals surface area contributed by atoms with E-state index in [1.165, 1.54) is 0 Å². The largest absolute Gasteiger partial charge is 0.394 e. The van der Waals surface area contributed by atoms with Gasteiger partial charge in [0.1, 0.15) is 6.61 Å². The Morgan fingerprint density at radius 1 is 1.50 bits per heavy atom. The zero-order valence-corrected chi connectivity index (χ0v) is 11.3. The van der Waals surface area contributed by atoms with Crippen molar-refractivity contribution >= 4 is 5.91 Å². The topological polar surface area (TPSA) is 53.0 Å². The number of carbonyl (C=O) groups excluding carboxylic acids is 1. The smallest absolute Gasteiger partial charge is 0.249 e. The maximum absolute atomic E-state index is 12.0. The molecule has 2 heterocycles. The predicted octanol–water partition coefficient (Wildman–Crippen LogP) is 0.0789. The number of hydrogen-bond donors (Lipinski definition) is 1. The van der Waals surface area contributed by atoms with Crippen molar-refractivity contribution in [3.8, 4) is 0 Å². The third kappa shape index (κ3) is 2.84. The van der Waals surface area contributed by atoms with E-state index in [2.05, 4.69) is 18.7 Å². The number of amides is 1. The van der Waals surface area contributed by atoms with Gasteiger partial charge in [0.15, 0.2) is 0 Å². The molecule has 1 N–H and O–H groups in total. The van der Waals surface area contributed by atoms with Gasteiger partial charge in [-0.25, -0.2) is 0 Å². The molecular weight excluding hydrogens is 232 g/mol. The van der Waals surface area contributed by atoms with Crippen LogP contribution in [0.25, 0.3) is 0 Å². The van der Waals surface area contributed by atoms with E-state index in [4.69, 9.17) is 4.74 Å². The van der Waals surface area contributed by atoms with Crippen LogP contribution in [0.5, 0.6) is 0 Å². The molecule has 0 aromatic rings. The van der Waals surface area contributed by atoms with E-state index in [-0.39, 0.29) is 31.2 Å². The van der Waals surface area contributed by atoms with Crippen LogP contribution in [0.15, 0.2) is 0 Å². The average Bonchev–Trinajstić information content (AvgIpc) is 2.38. The molecular formula is C13H24N2O3. The fourth-order valence-electron chi connectivity index (χ4n) is 2.96. The number of ether oxygens (including phenoxy) is 1. The summed E-state index contributed by atoms with van der Waals surface area (Å²) in [5.41, 5.74) is 0. The van der Waals surface area contributed by atoms with Gasteiger partial charge >= 0.3 is 0 Å². The molecule has 0 aromatic heterocycles. The molecule has 2 fully saturated rings. The molecule has 0 aliphatic carbocycles. The van der Waals surface area contributed by atoms with Gasteiger partial charge in [-0.05, 0) is 33.2 Å². The van der Waals surface area contributed by atoms with Crippen LogP contribution in [0.3, 0.4) is 0 Å². The lowest BCUT2D eigenvalue weighted by Crippen LogP contribution is -2.60. The molecule has 2 aliphatic heterocycles. The Morgan fingerprint density at radius 2 is 2.28 bits per heavy atom. The summed E-state index contributed by atoms with van der Waals surface area (Å²) in [6, 6.07) is 0.578. The second kappa shape index (κ2) is 5.99. The lowest BCUT2D eigenvalue weighted by atomic mass is 10.00. The van der Waals surface area contributed by atoms with Crippen LogP contribution in [0.1, 0.15) is 26.7 Å². The van der Waals surface area contributed by atoms with Crippen molar-refractivity contribution in [1.82, 2.24) is 9.80 Å². The minimum Gasteiger partial charge on any atom is -0.394 e. The van der Waals surface area contributed by atoms with Crippen LogP contribution >= 0.6 is 0 Å². The van der Waals surface area contributed by atoms with Crippen LogP contribution in [-0.4, -0.2) is 71.8 Å². The molecule has 2 saturated heterocycles. The van der Waals surface area contributed by atoms with Gasteiger partial charge in [-0.1, -0.05) is 0 Å². The molecule has 0 bridgehead atoms. The number of aliphatic hydroxyl groups is 1. The van der Waals surface area contributed by atoms with Gasteiger partial charge < -0.3 is 14.7 Å². The second-order valence-corrected chi connectivity index (χ2v) is 5.54. The highest BCUT2D eigenvalue weighted by molar-refractivity contribution is 5.78. The van der Waals surface area contributed by atoms with E-state index >= 15 is 0 Å². The van der Waals surface area contributed by atoms with Crippen molar-refractivity contribution in [2.24, 2.45) is 0 Å². The van der Waals surface area contributed by atoms with E-state index in [9.17, 15) is 9.90 Å². The molecule has 2 atom stereocenters. The lowest BCUT2D eigenvalue weighted by Gasteiger charge is -2.45. The number of nitrogens with zero attached hydrogens (tertiary/aromatic N) is 2. The summed E-state index contributed by atoms with van der Waals surface area (Å²) in [5, 5.41) is 9.40. The Bertz CT molecular complexity index is 296. The van der Waals surface area contributed by atoms with E-state index in [0.717, 1.165) is 25.9 Å². The molecule has 104 valence electrons. The molecule has 0 aromatic carbocycles. The molecule has 0 spiro atoms. The summed E-state index contributed by atoms with van der Waals surface area (Å²) in [6.07, 6.45) is 2.15. The van der Waals surface area contributed by atoms with E-state index in [0.29, 0.717) is 12.6 Å². The van der Waals surface area contributed by atoms with Crippen molar-refractivity contribution in [1.29, 1.82) is 0 Å². The minimum absolute atomic E-state index is 0.0100. The normalized spacial score (nSPS) is 31.1. The van der Waals surface area contributed by atoms with Crippen LogP contribution in [-0.2, 0) is 9.53 Å². The van der Waals surface area contributed by atoms with E-state index in [1.807, 2.05) is 4.90 Å². The summed E-state index contributed by atoms with van der Waals surface area (Å²) >= 11 is 0. The monoisotopic (exact) mass is 256 g/mol. The first-order valence-electron chi connectivity index (χ1n) is 6.87. The van der Waals surface area contributed by atoms with Crippen molar-refractivity contribution in [2.75, 3.05) is 32.9 Å². The maximum Gasteiger partial charge on any atom is 0.249 e. The van der Waals surface area contributed by atoms with Crippen molar-refractivity contribution in [3.63, 3.8) is 0 Å². The zero-order chi connectivity index (χ0) is 13.1. The summed E-state index contributed by atoms with van der Waals surface area (Å²) < 4.78 is 5.22. The Kier molecular flexibility index (Phi) is 4.59. The molecule has 0 radical (unpaired) electrons. The third-order valence-electron chi connectivity index (χ3n) is 3.98. The Balaban J connectivity index is 2.05. The number of hydrogen-bond acceptors (Lipinski definition) is 4. The highest BCUT2D eigenvalue weighted by Gasteiger charge is 2.36. The van der Waals surface area contributed by atoms with Crippen molar-refractivity contribution < 1.29 is 14.6 Å². The van der Waals surface area contributed by atoms with Gasteiger partial charge in [-0.15, -0.1) is 0 Å². The van der Waals surface area contributed by atoms with E-state index in [1.54, 1.807) is 0 Å². The number of rotatable bonds is 3. The first-order valence-corrected chi connectivity index (χ1v) is 6.87. The van der Waals surface area contributed by atoms with Gasteiger partial charge in [0, 0.05) is 18.6 Å².